The van der Waals surface area contributed by atoms with E-state index in [2.05, 4.69) is 0 Å². The predicted molar refractivity (Wildman–Crippen MR) is 72.8 cm³/mol. The van der Waals surface area contributed by atoms with Gasteiger partial charge in [0.15, 0.2) is 0 Å². The lowest BCUT2D eigenvalue weighted by atomic mass is 10.1. The Labute approximate surface area is 116 Å². The van der Waals surface area contributed by atoms with Gasteiger partial charge >= 0.3 is 11.9 Å². The summed E-state index contributed by atoms with van der Waals surface area (Å²) in [6.07, 6.45) is 0. The first kappa shape index (κ1) is 15.3. The first-order chi connectivity index (χ1) is 8.81. The third-order valence-electron chi connectivity index (χ3n) is 2.74. The number of rotatable bonds is 6. The van der Waals surface area contributed by atoms with Crippen LogP contribution in [0.25, 0.3) is 0 Å². The van der Waals surface area contributed by atoms with Crippen LogP contribution in [-0.2, 0) is 9.59 Å². The molecule has 0 radical (unpaired) electrons. The highest BCUT2D eigenvalue weighted by Gasteiger charge is 2.19. The third kappa shape index (κ3) is 4.44. The molecule has 1 aromatic rings. The Kier molecular flexibility index (Phi) is 5.18. The van der Waals surface area contributed by atoms with E-state index in [1.807, 2.05) is 6.92 Å². The van der Waals surface area contributed by atoms with Gasteiger partial charge in [-0.3, -0.25) is 9.59 Å². The Balaban J connectivity index is 3.01. The van der Waals surface area contributed by atoms with E-state index in [1.165, 1.54) is 4.90 Å². The van der Waals surface area contributed by atoms with Crippen molar-refractivity contribution in [3.8, 4) is 0 Å². The molecule has 0 aromatic heterocycles. The second kappa shape index (κ2) is 6.43. The van der Waals surface area contributed by atoms with E-state index in [9.17, 15) is 9.59 Å². The van der Waals surface area contributed by atoms with Crippen LogP contribution in [0.2, 0.25) is 5.02 Å². The number of hydrogen-bond donors (Lipinski definition) is 2. The number of nitrogens with zero attached hydrogens (tertiary/aromatic N) is 1. The van der Waals surface area contributed by atoms with Gasteiger partial charge in [0.1, 0.15) is 6.54 Å². The second-order valence-electron chi connectivity index (χ2n) is 4.44. The summed E-state index contributed by atoms with van der Waals surface area (Å²) in [4.78, 5) is 23.3. The number of carboxylic acid groups (broad SMARTS) is 2. The number of carbonyl (C=O) groups is 2. The average Bonchev–Trinajstić information content (AvgIpc) is 2.27. The standard InChI is InChI=1S/C13H16ClNO4/c1-8-5-10(14)3-4-11(8)15(7-12(16)17)6-9(2)13(18)19/h3-5,9H,6-7H2,1-2H3,(H,16,17)(H,18,19). The summed E-state index contributed by atoms with van der Waals surface area (Å²) in [5.74, 6) is -2.62. The SMILES string of the molecule is Cc1cc(Cl)ccc1N(CC(=O)O)CC(C)C(=O)O. The topological polar surface area (TPSA) is 77.8 Å². The number of hydrogen-bond acceptors (Lipinski definition) is 3. The van der Waals surface area contributed by atoms with Crippen molar-refractivity contribution >= 4 is 29.2 Å². The van der Waals surface area contributed by atoms with Gasteiger partial charge in [0, 0.05) is 17.3 Å². The highest BCUT2D eigenvalue weighted by Crippen LogP contribution is 2.24. The van der Waals surface area contributed by atoms with Crippen molar-refractivity contribution < 1.29 is 19.8 Å². The number of carboxylic acids is 2. The molecule has 1 atom stereocenters. The van der Waals surface area contributed by atoms with Crippen LogP contribution in [0.1, 0.15) is 12.5 Å². The van der Waals surface area contributed by atoms with E-state index in [0.717, 1.165) is 5.56 Å². The number of benzene rings is 1. The van der Waals surface area contributed by atoms with Crippen LogP contribution in [0.5, 0.6) is 0 Å². The zero-order valence-corrected chi connectivity index (χ0v) is 11.5. The lowest BCUT2D eigenvalue weighted by molar-refractivity contribution is -0.141. The van der Waals surface area contributed by atoms with E-state index < -0.39 is 17.9 Å². The maximum atomic E-state index is 10.9. The highest BCUT2D eigenvalue weighted by atomic mass is 35.5. The lowest BCUT2D eigenvalue weighted by Gasteiger charge is -2.26. The van der Waals surface area contributed by atoms with Gasteiger partial charge in [-0.05, 0) is 30.7 Å². The molecular weight excluding hydrogens is 270 g/mol. The highest BCUT2D eigenvalue weighted by molar-refractivity contribution is 6.30. The first-order valence-electron chi connectivity index (χ1n) is 5.77. The molecule has 6 heteroatoms. The maximum Gasteiger partial charge on any atom is 0.323 e. The molecule has 0 fully saturated rings. The summed E-state index contributed by atoms with van der Waals surface area (Å²) in [5, 5.41) is 18.4. The van der Waals surface area contributed by atoms with Crippen LogP contribution in [-0.4, -0.2) is 35.2 Å². The Bertz CT molecular complexity index is 490. The molecule has 0 saturated carbocycles. The van der Waals surface area contributed by atoms with Gasteiger partial charge in [0.05, 0.1) is 5.92 Å². The second-order valence-corrected chi connectivity index (χ2v) is 4.88. The largest absolute Gasteiger partial charge is 0.481 e. The molecule has 0 aliphatic carbocycles. The third-order valence-corrected chi connectivity index (χ3v) is 2.98. The molecule has 1 aromatic carbocycles. The fourth-order valence-electron chi connectivity index (χ4n) is 1.79. The van der Waals surface area contributed by atoms with Crippen molar-refractivity contribution in [2.75, 3.05) is 18.0 Å². The summed E-state index contributed by atoms with van der Waals surface area (Å²) >= 11 is 5.85. The Hall–Kier alpha value is -1.75. The lowest BCUT2D eigenvalue weighted by Crippen LogP contribution is -2.36. The van der Waals surface area contributed by atoms with Gasteiger partial charge in [-0.25, -0.2) is 0 Å². The molecule has 0 aliphatic rings. The summed E-state index contributed by atoms with van der Waals surface area (Å²) < 4.78 is 0. The van der Waals surface area contributed by atoms with Crippen molar-refractivity contribution in [3.05, 3.63) is 28.8 Å². The van der Waals surface area contributed by atoms with Crippen LogP contribution < -0.4 is 4.90 Å². The van der Waals surface area contributed by atoms with Gasteiger partial charge in [-0.15, -0.1) is 0 Å². The van der Waals surface area contributed by atoms with Crippen LogP contribution in [0.15, 0.2) is 18.2 Å². The molecule has 0 saturated heterocycles. The van der Waals surface area contributed by atoms with Gasteiger partial charge in [-0.1, -0.05) is 18.5 Å². The molecule has 19 heavy (non-hydrogen) atoms. The van der Waals surface area contributed by atoms with Crippen molar-refractivity contribution in [1.29, 1.82) is 0 Å². The van der Waals surface area contributed by atoms with Crippen LogP contribution in [0.3, 0.4) is 0 Å². The predicted octanol–water partition coefficient (Wildman–Crippen LogP) is 2.26. The summed E-state index contributed by atoms with van der Waals surface area (Å²) in [6.45, 7) is 3.23. The molecule has 1 unspecified atom stereocenters. The normalized spacial score (nSPS) is 11.9. The molecule has 2 N–H and O–H groups in total. The van der Waals surface area contributed by atoms with Crippen molar-refractivity contribution in [3.63, 3.8) is 0 Å². The van der Waals surface area contributed by atoms with E-state index in [1.54, 1.807) is 25.1 Å². The monoisotopic (exact) mass is 285 g/mol. The van der Waals surface area contributed by atoms with E-state index in [0.29, 0.717) is 10.7 Å². The molecule has 0 spiro atoms. The smallest absolute Gasteiger partial charge is 0.323 e. The molecular formula is C13H16ClNO4. The van der Waals surface area contributed by atoms with Crippen molar-refractivity contribution in [2.24, 2.45) is 5.92 Å². The van der Waals surface area contributed by atoms with Crippen molar-refractivity contribution in [2.45, 2.75) is 13.8 Å². The molecule has 0 heterocycles. The van der Waals surface area contributed by atoms with Gasteiger partial charge in [-0.2, -0.15) is 0 Å². The van der Waals surface area contributed by atoms with E-state index in [-0.39, 0.29) is 13.1 Å². The fraction of sp³-hybridized carbons (Fsp3) is 0.385. The number of aryl methyl sites for hydroxylation is 1. The van der Waals surface area contributed by atoms with Gasteiger partial charge in [0.25, 0.3) is 0 Å². The Morgan fingerprint density at radius 1 is 1.37 bits per heavy atom. The Morgan fingerprint density at radius 2 is 2.00 bits per heavy atom. The van der Waals surface area contributed by atoms with E-state index in [4.69, 9.17) is 21.8 Å². The summed E-state index contributed by atoms with van der Waals surface area (Å²) in [7, 11) is 0. The summed E-state index contributed by atoms with van der Waals surface area (Å²) in [6, 6.07) is 5.08. The first-order valence-corrected chi connectivity index (χ1v) is 6.14. The number of anilines is 1. The Morgan fingerprint density at radius 3 is 2.47 bits per heavy atom. The van der Waals surface area contributed by atoms with Crippen molar-refractivity contribution in [1.82, 2.24) is 0 Å². The summed E-state index contributed by atoms with van der Waals surface area (Å²) in [5.41, 5.74) is 1.49. The minimum atomic E-state index is -1.01. The maximum absolute atomic E-state index is 10.9. The molecule has 0 aliphatic heterocycles. The van der Waals surface area contributed by atoms with Gasteiger partial charge in [0.2, 0.25) is 0 Å². The minimum absolute atomic E-state index is 0.129. The van der Waals surface area contributed by atoms with Crippen LogP contribution >= 0.6 is 11.6 Å². The van der Waals surface area contributed by atoms with Crippen LogP contribution in [0.4, 0.5) is 5.69 Å². The zero-order valence-electron chi connectivity index (χ0n) is 10.8. The molecule has 5 nitrogen and oxygen atoms in total. The molecule has 0 amide bonds. The number of halogens is 1. The average molecular weight is 286 g/mol. The molecule has 104 valence electrons. The van der Waals surface area contributed by atoms with E-state index >= 15 is 0 Å². The number of aliphatic carboxylic acids is 2. The zero-order chi connectivity index (χ0) is 14.6. The minimum Gasteiger partial charge on any atom is -0.481 e. The quantitative estimate of drug-likeness (QED) is 0.838. The van der Waals surface area contributed by atoms with Crippen LogP contribution in [0, 0.1) is 12.8 Å². The molecule has 1 rings (SSSR count). The van der Waals surface area contributed by atoms with Gasteiger partial charge < -0.3 is 15.1 Å². The molecule has 0 bridgehead atoms. The fourth-order valence-corrected chi connectivity index (χ4v) is 2.02.